The molecule has 2 aromatic carbocycles. The van der Waals surface area contributed by atoms with Crippen molar-refractivity contribution in [2.75, 3.05) is 31.6 Å². The van der Waals surface area contributed by atoms with Gasteiger partial charge < -0.3 is 25.4 Å². The first kappa shape index (κ1) is 24.0. The zero-order valence-corrected chi connectivity index (χ0v) is 19.7. The van der Waals surface area contributed by atoms with Gasteiger partial charge in [-0.15, -0.1) is 24.0 Å². The average molecular weight is 528 g/mol. The first-order valence-electron chi connectivity index (χ1n) is 10.00. The zero-order valence-electron chi connectivity index (χ0n) is 17.4. The molecule has 0 aliphatic carbocycles. The van der Waals surface area contributed by atoms with Gasteiger partial charge in [0.05, 0.1) is 13.7 Å². The second-order valence-electron chi connectivity index (χ2n) is 7.09. The first-order chi connectivity index (χ1) is 14.1. The van der Waals surface area contributed by atoms with Crippen molar-refractivity contribution in [1.82, 2.24) is 10.6 Å². The number of hydrogen-bond acceptors (Lipinski definition) is 4. The van der Waals surface area contributed by atoms with Crippen molar-refractivity contribution in [3.8, 4) is 11.5 Å². The predicted octanol–water partition coefficient (Wildman–Crippen LogP) is 3.88. The number of phenolic OH excluding ortho intramolecular Hbond substituents is 1. The third-order valence-corrected chi connectivity index (χ3v) is 5.02. The molecule has 1 saturated heterocycles. The van der Waals surface area contributed by atoms with E-state index < -0.39 is 0 Å². The number of hydrogen-bond donors (Lipinski definition) is 3. The number of methoxy groups -OCH3 is 1. The normalized spacial score (nSPS) is 14.8. The summed E-state index contributed by atoms with van der Waals surface area (Å²) in [5.41, 5.74) is 1.84. The monoisotopic (exact) mass is 528 g/mol. The van der Waals surface area contributed by atoms with Crippen LogP contribution >= 0.6 is 24.0 Å². The molecule has 30 heavy (non-hydrogen) atoms. The Kier molecular flexibility index (Phi) is 9.48. The zero-order chi connectivity index (χ0) is 20.6. The predicted molar refractivity (Wildman–Crippen MR) is 130 cm³/mol. The quantitative estimate of drug-likeness (QED) is 0.302. The van der Waals surface area contributed by atoms with Crippen LogP contribution in [0.2, 0.25) is 0 Å². The Morgan fingerprint density at radius 1 is 1.23 bits per heavy atom. The third-order valence-electron chi connectivity index (χ3n) is 5.02. The second kappa shape index (κ2) is 11.8. The molecule has 0 unspecified atom stereocenters. The van der Waals surface area contributed by atoms with Crippen LogP contribution in [0.3, 0.4) is 0 Å². The molecule has 0 bridgehead atoms. The van der Waals surface area contributed by atoms with Crippen LogP contribution in [0.5, 0.6) is 11.5 Å². The fraction of sp³-hybridized carbons (Fsp3) is 0.409. The number of rotatable bonds is 6. The van der Waals surface area contributed by atoms with E-state index in [1.165, 1.54) is 13.2 Å². The Morgan fingerprint density at radius 3 is 2.63 bits per heavy atom. The average Bonchev–Trinajstić information content (AvgIpc) is 2.73. The summed E-state index contributed by atoms with van der Waals surface area (Å²) in [6.45, 7) is 4.99. The summed E-state index contributed by atoms with van der Waals surface area (Å²) in [4.78, 5) is 6.86. The molecular formula is C22H30FIN4O2. The van der Waals surface area contributed by atoms with Gasteiger partial charge in [-0.1, -0.05) is 12.1 Å². The highest BCUT2D eigenvalue weighted by Gasteiger charge is 2.20. The molecule has 1 fully saturated rings. The van der Waals surface area contributed by atoms with Gasteiger partial charge in [-0.25, -0.2) is 9.38 Å². The van der Waals surface area contributed by atoms with Crippen LogP contribution in [-0.2, 0) is 6.54 Å². The highest BCUT2D eigenvalue weighted by atomic mass is 127. The molecule has 0 atom stereocenters. The minimum Gasteiger partial charge on any atom is -0.504 e. The fourth-order valence-electron chi connectivity index (χ4n) is 3.47. The number of aliphatic imine (C=N–C) groups is 1. The second-order valence-corrected chi connectivity index (χ2v) is 7.09. The lowest BCUT2D eigenvalue weighted by molar-refractivity contribution is 0.373. The lowest BCUT2D eigenvalue weighted by Crippen LogP contribution is -2.48. The molecule has 2 aromatic rings. The van der Waals surface area contributed by atoms with Crippen LogP contribution in [0, 0.1) is 5.82 Å². The van der Waals surface area contributed by atoms with Crippen LogP contribution in [0.4, 0.5) is 10.1 Å². The summed E-state index contributed by atoms with van der Waals surface area (Å²) in [5, 5.41) is 16.7. The van der Waals surface area contributed by atoms with Gasteiger partial charge in [0.25, 0.3) is 0 Å². The van der Waals surface area contributed by atoms with E-state index in [0.717, 1.165) is 49.7 Å². The number of phenols is 1. The van der Waals surface area contributed by atoms with Crippen LogP contribution in [0.15, 0.2) is 47.5 Å². The number of guanidine groups is 1. The van der Waals surface area contributed by atoms with Gasteiger partial charge in [-0.05, 0) is 55.7 Å². The van der Waals surface area contributed by atoms with E-state index in [9.17, 15) is 9.50 Å². The Hall–Kier alpha value is -2.23. The Balaban J connectivity index is 0.00000320. The molecule has 1 aliphatic rings. The first-order valence-corrected chi connectivity index (χ1v) is 10.00. The number of ether oxygens (including phenoxy) is 1. The summed E-state index contributed by atoms with van der Waals surface area (Å²) >= 11 is 0. The maximum Gasteiger partial charge on any atom is 0.191 e. The van der Waals surface area contributed by atoms with Crippen molar-refractivity contribution >= 4 is 35.6 Å². The lowest BCUT2D eigenvalue weighted by Gasteiger charge is -2.34. The molecule has 164 valence electrons. The Morgan fingerprint density at radius 2 is 2.00 bits per heavy atom. The van der Waals surface area contributed by atoms with Gasteiger partial charge in [0, 0.05) is 31.4 Å². The number of benzene rings is 2. The van der Waals surface area contributed by atoms with Gasteiger partial charge in [-0.3, -0.25) is 0 Å². The van der Waals surface area contributed by atoms with E-state index in [4.69, 9.17) is 4.74 Å². The molecule has 1 aliphatic heterocycles. The van der Waals surface area contributed by atoms with Crippen LogP contribution in [-0.4, -0.2) is 43.9 Å². The molecule has 1 heterocycles. The van der Waals surface area contributed by atoms with E-state index in [1.807, 2.05) is 19.1 Å². The standard InChI is InChI=1S/C22H29FN4O2.HI/c1-3-24-22(25-15-16-7-8-21(29-2)20(28)13-16)26-18-9-11-27(12-10-18)19-6-4-5-17(23)14-19;/h4-8,13-14,18,28H,3,9-12,15H2,1-2H3,(H2,24,25,26);1H. The van der Waals surface area contributed by atoms with Gasteiger partial charge in [0.2, 0.25) is 0 Å². The number of aromatic hydroxyl groups is 1. The summed E-state index contributed by atoms with van der Waals surface area (Å²) in [6, 6.07) is 12.4. The van der Waals surface area contributed by atoms with Crippen LogP contribution < -0.4 is 20.3 Å². The molecule has 8 heteroatoms. The van der Waals surface area contributed by atoms with Crippen molar-refractivity contribution in [2.24, 2.45) is 4.99 Å². The molecule has 3 N–H and O–H groups in total. The van der Waals surface area contributed by atoms with Gasteiger partial charge in [-0.2, -0.15) is 0 Å². The van der Waals surface area contributed by atoms with Gasteiger partial charge >= 0.3 is 0 Å². The maximum atomic E-state index is 13.5. The fourth-order valence-corrected chi connectivity index (χ4v) is 3.47. The smallest absolute Gasteiger partial charge is 0.191 e. The Bertz CT molecular complexity index is 842. The minimum atomic E-state index is -0.200. The molecule has 0 radical (unpaired) electrons. The molecule has 0 aromatic heterocycles. The van der Waals surface area contributed by atoms with Crippen molar-refractivity contribution in [3.05, 3.63) is 53.8 Å². The van der Waals surface area contributed by atoms with Crippen LogP contribution in [0.1, 0.15) is 25.3 Å². The summed E-state index contributed by atoms with van der Waals surface area (Å²) in [5.74, 6) is 1.12. The molecule has 0 spiro atoms. The molecule has 0 saturated carbocycles. The van der Waals surface area contributed by atoms with Crippen molar-refractivity contribution in [1.29, 1.82) is 0 Å². The highest BCUT2D eigenvalue weighted by molar-refractivity contribution is 14.0. The largest absolute Gasteiger partial charge is 0.504 e. The third kappa shape index (κ3) is 6.65. The molecule has 0 amide bonds. The molecule has 3 rings (SSSR count). The number of halogens is 2. The number of nitrogens with one attached hydrogen (secondary N) is 2. The summed E-state index contributed by atoms with van der Waals surface area (Å²) in [6.07, 6.45) is 1.90. The van der Waals surface area contributed by atoms with Crippen molar-refractivity contribution in [2.45, 2.75) is 32.4 Å². The van der Waals surface area contributed by atoms with E-state index in [2.05, 4.69) is 20.5 Å². The van der Waals surface area contributed by atoms with E-state index in [0.29, 0.717) is 18.3 Å². The van der Waals surface area contributed by atoms with Gasteiger partial charge in [0.15, 0.2) is 17.5 Å². The Labute approximate surface area is 194 Å². The van der Waals surface area contributed by atoms with Crippen molar-refractivity contribution < 1.29 is 14.2 Å². The number of piperidine rings is 1. The molecule has 6 nitrogen and oxygen atoms in total. The van der Waals surface area contributed by atoms with E-state index >= 15 is 0 Å². The minimum absolute atomic E-state index is 0. The lowest BCUT2D eigenvalue weighted by atomic mass is 10.0. The number of nitrogens with zero attached hydrogens (tertiary/aromatic N) is 2. The van der Waals surface area contributed by atoms with Gasteiger partial charge in [0.1, 0.15) is 5.82 Å². The highest BCUT2D eigenvalue weighted by Crippen LogP contribution is 2.26. The van der Waals surface area contributed by atoms with Crippen molar-refractivity contribution in [3.63, 3.8) is 0 Å². The number of anilines is 1. The summed E-state index contributed by atoms with van der Waals surface area (Å²) < 4.78 is 18.5. The summed E-state index contributed by atoms with van der Waals surface area (Å²) in [7, 11) is 1.53. The van der Waals surface area contributed by atoms with E-state index in [-0.39, 0.29) is 35.5 Å². The maximum absolute atomic E-state index is 13.5. The topological polar surface area (TPSA) is 69.1 Å². The van der Waals surface area contributed by atoms with E-state index in [1.54, 1.807) is 24.3 Å². The SMILES string of the molecule is CCNC(=NCc1ccc(OC)c(O)c1)NC1CCN(c2cccc(F)c2)CC1.I. The molecular weight excluding hydrogens is 498 g/mol. The van der Waals surface area contributed by atoms with Crippen LogP contribution in [0.25, 0.3) is 0 Å².